The lowest BCUT2D eigenvalue weighted by Crippen LogP contribution is -2.25. The van der Waals surface area contributed by atoms with Crippen LogP contribution in [0.15, 0.2) is 194 Å². The Morgan fingerprint density at radius 3 is 0.980 bits per heavy atom. The number of hydrogen-bond acceptors (Lipinski definition) is 2. The van der Waals surface area contributed by atoms with Gasteiger partial charge in [-0.05, 0) is 67.4 Å². The molecule has 0 bridgehead atoms. The summed E-state index contributed by atoms with van der Waals surface area (Å²) < 4.78 is 0. The molecule has 0 spiro atoms. The van der Waals surface area contributed by atoms with Crippen molar-refractivity contribution in [2.24, 2.45) is 0 Å². The molecule has 0 aliphatic carbocycles. The predicted molar refractivity (Wildman–Crippen MR) is 213 cm³/mol. The van der Waals surface area contributed by atoms with E-state index < -0.39 is 15.8 Å². The zero-order valence-electron chi connectivity index (χ0n) is 27.2. The van der Waals surface area contributed by atoms with E-state index in [4.69, 9.17) is 0 Å². The van der Waals surface area contributed by atoms with Crippen molar-refractivity contribution < 1.29 is 9.59 Å². The van der Waals surface area contributed by atoms with Crippen LogP contribution >= 0.6 is 15.8 Å². The third-order valence-electron chi connectivity index (χ3n) is 8.23. The Kier molecular flexibility index (Phi) is 10.3. The lowest BCUT2D eigenvalue weighted by atomic mass is 10.1. The summed E-state index contributed by atoms with van der Waals surface area (Å²) in [7, 11) is -1.86. The standard InChI is InChI=1S/C44H34N2O2P2/c47-43(45-39-28-13-15-30-41(39)49(35-20-5-1-6-21-35)36-22-7-2-8-23-36)33-18-17-19-34(32-33)44(48)46-40-29-14-16-31-42(40)50(37-24-9-3-10-25-37)38-26-11-4-12-27-38/h1-32H,(H,45,47)(H,46,48). The van der Waals surface area contributed by atoms with Gasteiger partial charge in [0.2, 0.25) is 0 Å². The molecule has 0 aliphatic rings. The van der Waals surface area contributed by atoms with E-state index in [1.807, 2.05) is 109 Å². The Bertz CT molecular complexity index is 1980. The van der Waals surface area contributed by atoms with Crippen molar-refractivity contribution in [3.05, 3.63) is 205 Å². The van der Waals surface area contributed by atoms with Gasteiger partial charge in [0.1, 0.15) is 0 Å². The van der Waals surface area contributed by atoms with Crippen LogP contribution in [0.3, 0.4) is 0 Å². The van der Waals surface area contributed by atoms with Crippen LogP contribution in [0.25, 0.3) is 0 Å². The van der Waals surface area contributed by atoms with Crippen LogP contribution < -0.4 is 42.5 Å². The van der Waals surface area contributed by atoms with Gasteiger partial charge in [0, 0.05) is 33.1 Å². The number of carbonyl (C=O) groups is 2. The van der Waals surface area contributed by atoms with Gasteiger partial charge in [0.15, 0.2) is 0 Å². The Hall–Kier alpha value is -5.66. The normalized spacial score (nSPS) is 10.9. The van der Waals surface area contributed by atoms with Crippen molar-refractivity contribution in [1.82, 2.24) is 0 Å². The molecule has 0 atom stereocenters. The minimum Gasteiger partial charge on any atom is -0.321 e. The van der Waals surface area contributed by atoms with E-state index in [0.29, 0.717) is 11.1 Å². The lowest BCUT2D eigenvalue weighted by molar-refractivity contribution is 0.102. The first-order chi connectivity index (χ1) is 24.7. The van der Waals surface area contributed by atoms with Crippen LogP contribution in [-0.2, 0) is 0 Å². The molecule has 7 aromatic carbocycles. The number of benzene rings is 7. The van der Waals surface area contributed by atoms with E-state index in [9.17, 15) is 9.59 Å². The molecule has 0 saturated carbocycles. The van der Waals surface area contributed by atoms with E-state index >= 15 is 0 Å². The van der Waals surface area contributed by atoms with Gasteiger partial charge in [-0.25, -0.2) is 0 Å². The van der Waals surface area contributed by atoms with E-state index in [1.54, 1.807) is 24.3 Å². The van der Waals surface area contributed by atoms with Crippen molar-refractivity contribution in [3.63, 3.8) is 0 Å². The van der Waals surface area contributed by atoms with Crippen molar-refractivity contribution in [1.29, 1.82) is 0 Å². The number of carbonyl (C=O) groups excluding carboxylic acids is 2. The molecule has 0 unspecified atom stereocenters. The van der Waals surface area contributed by atoms with Gasteiger partial charge in [0.25, 0.3) is 11.8 Å². The minimum absolute atomic E-state index is 0.278. The van der Waals surface area contributed by atoms with E-state index in [2.05, 4.69) is 71.3 Å². The Balaban J connectivity index is 1.16. The smallest absolute Gasteiger partial charge is 0.255 e. The summed E-state index contributed by atoms with van der Waals surface area (Å²) in [6.45, 7) is 0. The molecule has 7 aromatic rings. The van der Waals surface area contributed by atoms with Crippen LogP contribution in [0.2, 0.25) is 0 Å². The fourth-order valence-electron chi connectivity index (χ4n) is 5.90. The first kappa shape index (κ1) is 32.9. The molecule has 0 saturated heterocycles. The zero-order valence-corrected chi connectivity index (χ0v) is 29.0. The topological polar surface area (TPSA) is 58.2 Å². The Morgan fingerprint density at radius 2 is 0.640 bits per heavy atom. The number of amides is 2. The summed E-state index contributed by atoms with van der Waals surface area (Å²) in [6, 6.07) is 64.4. The zero-order chi connectivity index (χ0) is 34.1. The van der Waals surface area contributed by atoms with Crippen LogP contribution in [0.5, 0.6) is 0 Å². The average Bonchev–Trinajstić information content (AvgIpc) is 3.18. The van der Waals surface area contributed by atoms with Gasteiger partial charge in [-0.3, -0.25) is 9.59 Å². The molecular formula is C44H34N2O2P2. The Labute approximate surface area is 295 Å². The monoisotopic (exact) mass is 684 g/mol. The van der Waals surface area contributed by atoms with Crippen LogP contribution in [0, 0.1) is 0 Å². The summed E-state index contributed by atoms with van der Waals surface area (Å²) >= 11 is 0. The molecular weight excluding hydrogens is 650 g/mol. The number of hydrogen-bond donors (Lipinski definition) is 2. The highest BCUT2D eigenvalue weighted by Gasteiger charge is 2.23. The van der Waals surface area contributed by atoms with Gasteiger partial charge in [0.05, 0.1) is 0 Å². The molecule has 2 amide bonds. The third kappa shape index (κ3) is 7.48. The number of rotatable bonds is 10. The first-order valence-electron chi connectivity index (χ1n) is 16.4. The van der Waals surface area contributed by atoms with Crippen molar-refractivity contribution in [2.75, 3.05) is 10.6 Å². The lowest BCUT2D eigenvalue weighted by Gasteiger charge is -2.22. The van der Waals surface area contributed by atoms with E-state index in [1.165, 1.54) is 21.2 Å². The summed E-state index contributed by atoms with van der Waals surface area (Å²) in [5, 5.41) is 13.2. The van der Waals surface area contributed by atoms with E-state index in [-0.39, 0.29) is 11.8 Å². The highest BCUT2D eigenvalue weighted by Crippen LogP contribution is 2.37. The average molecular weight is 685 g/mol. The van der Waals surface area contributed by atoms with Gasteiger partial charge in [-0.2, -0.15) is 0 Å². The minimum atomic E-state index is -0.931. The molecule has 50 heavy (non-hydrogen) atoms. The molecule has 0 aliphatic heterocycles. The number of para-hydroxylation sites is 2. The van der Waals surface area contributed by atoms with Crippen molar-refractivity contribution >= 4 is 70.9 Å². The largest absolute Gasteiger partial charge is 0.321 e. The molecule has 7 rings (SSSR count). The summed E-state index contributed by atoms with van der Waals surface area (Å²) in [4.78, 5) is 27.6. The van der Waals surface area contributed by atoms with Crippen LogP contribution in [-0.4, -0.2) is 11.8 Å². The molecule has 0 radical (unpaired) electrons. The maximum Gasteiger partial charge on any atom is 0.255 e. The summed E-state index contributed by atoms with van der Waals surface area (Å²) in [5.41, 5.74) is 2.30. The van der Waals surface area contributed by atoms with Crippen LogP contribution in [0.4, 0.5) is 11.4 Å². The molecule has 6 heteroatoms. The predicted octanol–water partition coefficient (Wildman–Crippen LogP) is 7.71. The maximum absolute atomic E-state index is 13.8. The fraction of sp³-hybridized carbons (Fsp3) is 0. The van der Waals surface area contributed by atoms with Crippen LogP contribution in [0.1, 0.15) is 20.7 Å². The SMILES string of the molecule is O=C(Nc1ccccc1P(c1ccccc1)c1ccccc1)c1cccc(C(=O)Nc2ccccc2P(c2ccccc2)c2ccccc2)c1. The second kappa shape index (κ2) is 15.7. The molecule has 4 nitrogen and oxygen atoms in total. The number of nitrogens with one attached hydrogen (secondary N) is 2. The molecule has 242 valence electrons. The third-order valence-corrected chi connectivity index (χ3v) is 13.2. The van der Waals surface area contributed by atoms with Gasteiger partial charge in [-0.1, -0.05) is 164 Å². The fourth-order valence-corrected chi connectivity index (χ4v) is 10.7. The molecule has 0 heterocycles. The Morgan fingerprint density at radius 1 is 0.340 bits per heavy atom. The first-order valence-corrected chi connectivity index (χ1v) is 19.1. The molecule has 0 fully saturated rings. The number of anilines is 2. The van der Waals surface area contributed by atoms with Crippen molar-refractivity contribution in [2.45, 2.75) is 0 Å². The second-order valence-corrected chi connectivity index (χ2v) is 15.9. The van der Waals surface area contributed by atoms with E-state index in [0.717, 1.165) is 22.0 Å². The highest BCUT2D eigenvalue weighted by molar-refractivity contribution is 7.80. The second-order valence-electron chi connectivity index (χ2n) is 11.5. The molecule has 2 N–H and O–H groups in total. The van der Waals surface area contributed by atoms with Gasteiger partial charge < -0.3 is 10.6 Å². The summed E-state index contributed by atoms with van der Waals surface area (Å²) in [6.07, 6.45) is 0. The summed E-state index contributed by atoms with van der Waals surface area (Å²) in [5.74, 6) is -0.555. The maximum atomic E-state index is 13.8. The quantitative estimate of drug-likeness (QED) is 0.145. The highest BCUT2D eigenvalue weighted by atomic mass is 31.1. The molecule has 0 aromatic heterocycles. The van der Waals surface area contributed by atoms with Gasteiger partial charge in [-0.15, -0.1) is 0 Å². The van der Waals surface area contributed by atoms with Gasteiger partial charge >= 0.3 is 0 Å². The van der Waals surface area contributed by atoms with Crippen molar-refractivity contribution in [3.8, 4) is 0 Å².